The molecule has 2 rings (SSSR count). The van der Waals surface area contributed by atoms with Crippen LogP contribution in [0.2, 0.25) is 0 Å². The summed E-state index contributed by atoms with van der Waals surface area (Å²) in [5, 5.41) is 11.4. The lowest BCUT2D eigenvalue weighted by Gasteiger charge is -1.94. The minimum absolute atomic E-state index is 0.458. The fourth-order valence-electron chi connectivity index (χ4n) is 1.43. The third-order valence-corrected chi connectivity index (χ3v) is 3.16. The van der Waals surface area contributed by atoms with Crippen LogP contribution in [-0.2, 0) is 9.59 Å². The molecule has 0 aliphatic heterocycles. The second-order valence-electron chi connectivity index (χ2n) is 3.60. The van der Waals surface area contributed by atoms with Gasteiger partial charge in [-0.25, -0.2) is 9.78 Å². The fourth-order valence-corrected chi connectivity index (χ4v) is 2.38. The number of benzene rings is 1. The molecule has 2 aromatic rings. The number of rotatable bonds is 3. The number of aromatic nitrogens is 1. The van der Waals surface area contributed by atoms with Gasteiger partial charge in [0.25, 0.3) is 0 Å². The van der Waals surface area contributed by atoms with Crippen LogP contribution in [0.4, 0.5) is 5.13 Å². The number of nitrogens with zero attached hydrogens (tertiary/aromatic N) is 1. The number of thiazole rings is 1. The molecule has 2 N–H and O–H groups in total. The highest BCUT2D eigenvalue weighted by atomic mass is 32.1. The molecule has 0 saturated heterocycles. The lowest BCUT2D eigenvalue weighted by Crippen LogP contribution is -2.08. The standard InChI is InChI=1S/C12H10N2O3S/c1-7-3-2-4-8-11(7)14-12(18-8)13-9(15)5-6-10(16)17/h2-6H,1H3,(H,16,17)(H,13,14,15)/b6-5+. The molecule has 0 aliphatic rings. The van der Waals surface area contributed by atoms with Gasteiger partial charge in [0.15, 0.2) is 5.13 Å². The van der Waals surface area contributed by atoms with Gasteiger partial charge >= 0.3 is 5.97 Å². The molecule has 0 bridgehead atoms. The summed E-state index contributed by atoms with van der Waals surface area (Å²) in [7, 11) is 0. The van der Waals surface area contributed by atoms with E-state index >= 15 is 0 Å². The number of aliphatic carboxylic acids is 1. The molecular weight excluding hydrogens is 252 g/mol. The summed E-state index contributed by atoms with van der Waals surface area (Å²) in [6.07, 6.45) is 1.75. The summed E-state index contributed by atoms with van der Waals surface area (Å²) < 4.78 is 0.979. The number of para-hydroxylation sites is 1. The van der Waals surface area contributed by atoms with Gasteiger partial charge < -0.3 is 5.11 Å². The van der Waals surface area contributed by atoms with Crippen molar-refractivity contribution < 1.29 is 14.7 Å². The number of aryl methyl sites for hydroxylation is 1. The van der Waals surface area contributed by atoms with E-state index in [9.17, 15) is 9.59 Å². The quantitative estimate of drug-likeness (QED) is 0.831. The van der Waals surface area contributed by atoms with E-state index in [1.807, 2.05) is 25.1 Å². The van der Waals surface area contributed by atoms with Gasteiger partial charge in [0.1, 0.15) is 0 Å². The van der Waals surface area contributed by atoms with Crippen LogP contribution in [0.5, 0.6) is 0 Å². The zero-order valence-electron chi connectivity index (χ0n) is 9.51. The van der Waals surface area contributed by atoms with Gasteiger partial charge in [-0.2, -0.15) is 0 Å². The topological polar surface area (TPSA) is 79.3 Å². The van der Waals surface area contributed by atoms with Crippen molar-refractivity contribution in [1.29, 1.82) is 0 Å². The predicted molar refractivity (Wildman–Crippen MR) is 69.8 cm³/mol. The molecule has 18 heavy (non-hydrogen) atoms. The maximum atomic E-state index is 11.4. The van der Waals surface area contributed by atoms with Crippen LogP contribution in [0, 0.1) is 6.92 Å². The number of nitrogens with one attached hydrogen (secondary N) is 1. The molecule has 0 radical (unpaired) electrons. The monoisotopic (exact) mass is 262 g/mol. The molecule has 0 spiro atoms. The van der Waals surface area contributed by atoms with E-state index in [2.05, 4.69) is 10.3 Å². The Kier molecular flexibility index (Phi) is 3.38. The van der Waals surface area contributed by atoms with Crippen molar-refractivity contribution >= 4 is 38.6 Å². The third-order valence-electron chi connectivity index (χ3n) is 2.23. The Balaban J connectivity index is 2.20. The summed E-state index contributed by atoms with van der Waals surface area (Å²) in [6, 6.07) is 5.78. The Labute approximate surface area is 107 Å². The Morgan fingerprint density at radius 1 is 1.39 bits per heavy atom. The first-order chi connectivity index (χ1) is 8.56. The molecule has 0 unspecified atom stereocenters. The molecule has 6 heteroatoms. The minimum Gasteiger partial charge on any atom is -0.478 e. The molecular formula is C12H10N2O3S. The van der Waals surface area contributed by atoms with Crippen molar-refractivity contribution in [2.45, 2.75) is 6.92 Å². The second-order valence-corrected chi connectivity index (χ2v) is 4.63. The van der Waals surface area contributed by atoms with Crippen molar-refractivity contribution in [3.63, 3.8) is 0 Å². The molecule has 1 heterocycles. The maximum Gasteiger partial charge on any atom is 0.328 e. The summed E-state index contributed by atoms with van der Waals surface area (Å²) in [6.45, 7) is 1.94. The number of anilines is 1. The smallest absolute Gasteiger partial charge is 0.328 e. The lowest BCUT2D eigenvalue weighted by molar-refractivity contribution is -0.131. The summed E-state index contributed by atoms with van der Waals surface area (Å²) in [4.78, 5) is 25.9. The molecule has 0 fully saturated rings. The van der Waals surface area contributed by atoms with Gasteiger partial charge in [-0.05, 0) is 18.6 Å². The average Bonchev–Trinajstić information content (AvgIpc) is 2.70. The lowest BCUT2D eigenvalue weighted by atomic mass is 10.2. The molecule has 1 aromatic heterocycles. The molecule has 0 saturated carbocycles. The second kappa shape index (κ2) is 4.97. The number of fused-ring (bicyclic) bond motifs is 1. The normalized spacial score (nSPS) is 10.9. The van der Waals surface area contributed by atoms with Crippen molar-refractivity contribution in [1.82, 2.24) is 4.98 Å². The van der Waals surface area contributed by atoms with Crippen LogP contribution in [0.25, 0.3) is 10.2 Å². The molecule has 5 nitrogen and oxygen atoms in total. The van der Waals surface area contributed by atoms with E-state index in [0.29, 0.717) is 5.13 Å². The molecule has 0 aliphatic carbocycles. The van der Waals surface area contributed by atoms with Crippen LogP contribution < -0.4 is 5.32 Å². The van der Waals surface area contributed by atoms with Gasteiger partial charge in [0, 0.05) is 12.2 Å². The van der Waals surface area contributed by atoms with Crippen LogP contribution in [0.1, 0.15) is 5.56 Å². The highest BCUT2D eigenvalue weighted by Gasteiger charge is 2.07. The number of hydrogen-bond acceptors (Lipinski definition) is 4. The van der Waals surface area contributed by atoms with Gasteiger partial charge in [-0.15, -0.1) is 0 Å². The van der Waals surface area contributed by atoms with Crippen molar-refractivity contribution in [3.8, 4) is 0 Å². The zero-order valence-corrected chi connectivity index (χ0v) is 10.3. The third kappa shape index (κ3) is 2.72. The first kappa shape index (κ1) is 12.3. The maximum absolute atomic E-state index is 11.4. The number of carboxylic acid groups (broad SMARTS) is 1. The number of hydrogen-bond donors (Lipinski definition) is 2. The summed E-state index contributed by atoms with van der Waals surface area (Å²) >= 11 is 1.35. The average molecular weight is 262 g/mol. The number of carbonyl (C=O) groups excluding carboxylic acids is 1. The van der Waals surface area contributed by atoms with E-state index in [0.717, 1.165) is 27.9 Å². The van der Waals surface area contributed by atoms with Crippen LogP contribution in [-0.4, -0.2) is 22.0 Å². The van der Waals surface area contributed by atoms with E-state index in [1.54, 1.807) is 0 Å². The Hall–Kier alpha value is -2.21. The van der Waals surface area contributed by atoms with Gasteiger partial charge in [0.05, 0.1) is 10.2 Å². The number of carbonyl (C=O) groups is 2. The van der Waals surface area contributed by atoms with Gasteiger partial charge in [0.2, 0.25) is 5.91 Å². The molecule has 1 aromatic carbocycles. The van der Waals surface area contributed by atoms with Crippen molar-refractivity contribution in [2.75, 3.05) is 5.32 Å². The fraction of sp³-hybridized carbons (Fsp3) is 0.0833. The van der Waals surface area contributed by atoms with E-state index in [1.165, 1.54) is 11.3 Å². The Bertz CT molecular complexity index is 646. The Morgan fingerprint density at radius 2 is 2.17 bits per heavy atom. The predicted octanol–water partition coefficient (Wildman–Crippen LogP) is 2.18. The SMILES string of the molecule is Cc1cccc2sc(NC(=O)/C=C/C(=O)O)nc12. The summed E-state index contributed by atoms with van der Waals surface area (Å²) in [5.41, 5.74) is 1.88. The number of amides is 1. The van der Waals surface area contributed by atoms with Crippen LogP contribution in [0.15, 0.2) is 30.4 Å². The Morgan fingerprint density at radius 3 is 2.83 bits per heavy atom. The molecule has 1 amide bonds. The first-order valence-electron chi connectivity index (χ1n) is 5.14. The van der Waals surface area contributed by atoms with Crippen LogP contribution >= 0.6 is 11.3 Å². The van der Waals surface area contributed by atoms with E-state index in [-0.39, 0.29) is 0 Å². The highest BCUT2D eigenvalue weighted by molar-refractivity contribution is 7.22. The zero-order chi connectivity index (χ0) is 13.1. The van der Waals surface area contributed by atoms with Crippen molar-refractivity contribution in [2.24, 2.45) is 0 Å². The first-order valence-corrected chi connectivity index (χ1v) is 5.96. The number of carboxylic acids is 1. The van der Waals surface area contributed by atoms with Crippen LogP contribution in [0.3, 0.4) is 0 Å². The van der Waals surface area contributed by atoms with E-state index in [4.69, 9.17) is 5.11 Å². The molecule has 0 atom stereocenters. The largest absolute Gasteiger partial charge is 0.478 e. The highest BCUT2D eigenvalue weighted by Crippen LogP contribution is 2.27. The van der Waals surface area contributed by atoms with Crippen molar-refractivity contribution in [3.05, 3.63) is 35.9 Å². The van der Waals surface area contributed by atoms with Gasteiger partial charge in [-0.1, -0.05) is 23.5 Å². The van der Waals surface area contributed by atoms with E-state index < -0.39 is 11.9 Å². The van der Waals surface area contributed by atoms with Gasteiger partial charge in [-0.3, -0.25) is 10.1 Å². The minimum atomic E-state index is -1.16. The molecule has 92 valence electrons. The summed E-state index contributed by atoms with van der Waals surface area (Å²) in [5.74, 6) is -1.67.